The zero-order chi connectivity index (χ0) is 16.1. The number of nitrogens with two attached hydrogens (primary N) is 1. The van der Waals surface area contributed by atoms with Crippen LogP contribution in [0.3, 0.4) is 0 Å². The van der Waals surface area contributed by atoms with E-state index in [-0.39, 0.29) is 17.0 Å². The van der Waals surface area contributed by atoms with Crippen LogP contribution in [-0.2, 0) is 9.53 Å². The lowest BCUT2D eigenvalue weighted by Gasteiger charge is -2.28. The van der Waals surface area contributed by atoms with Crippen molar-refractivity contribution in [3.8, 4) is 0 Å². The first-order chi connectivity index (χ1) is 10.5. The van der Waals surface area contributed by atoms with Gasteiger partial charge in [0.25, 0.3) is 5.91 Å². The summed E-state index contributed by atoms with van der Waals surface area (Å²) in [5.74, 6) is -2.43. The van der Waals surface area contributed by atoms with Gasteiger partial charge in [0.2, 0.25) is 5.91 Å². The minimum absolute atomic E-state index is 0.250. The van der Waals surface area contributed by atoms with Gasteiger partial charge in [0.05, 0.1) is 6.61 Å². The van der Waals surface area contributed by atoms with E-state index >= 15 is 0 Å². The smallest absolute Gasteiger partial charge is 0.326 e. The van der Waals surface area contributed by atoms with Crippen LogP contribution in [0.15, 0.2) is 24.3 Å². The molecule has 118 valence electrons. The van der Waals surface area contributed by atoms with Gasteiger partial charge in [-0.25, -0.2) is 4.79 Å². The topological polar surface area (TPSA) is 119 Å². The Hall–Kier alpha value is -2.41. The summed E-state index contributed by atoms with van der Waals surface area (Å²) in [5.41, 5.74) is 5.68. The molecule has 0 aliphatic carbocycles. The summed E-state index contributed by atoms with van der Waals surface area (Å²) >= 11 is 0. The van der Waals surface area contributed by atoms with Crippen molar-refractivity contribution in [3.63, 3.8) is 0 Å². The molecule has 2 rings (SSSR count). The first-order valence-corrected chi connectivity index (χ1v) is 7.00. The zero-order valence-electron chi connectivity index (χ0n) is 12.0. The Balaban J connectivity index is 2.07. The average molecular weight is 306 g/mol. The second-order valence-corrected chi connectivity index (χ2v) is 5.21. The van der Waals surface area contributed by atoms with Gasteiger partial charge >= 0.3 is 5.97 Å². The SMILES string of the molecule is NC(=O)c1ccc(C(=O)NC(C(=O)O)C2CCCOC2)cc1. The van der Waals surface area contributed by atoms with E-state index in [2.05, 4.69) is 5.32 Å². The summed E-state index contributed by atoms with van der Waals surface area (Å²) in [6, 6.07) is 4.73. The van der Waals surface area contributed by atoms with Crippen LogP contribution in [0.4, 0.5) is 0 Å². The molecule has 0 saturated carbocycles. The molecule has 1 aliphatic heterocycles. The van der Waals surface area contributed by atoms with Crippen molar-refractivity contribution in [1.82, 2.24) is 5.32 Å². The molecular weight excluding hydrogens is 288 g/mol. The van der Waals surface area contributed by atoms with Gasteiger partial charge in [-0.05, 0) is 37.1 Å². The number of primary amides is 1. The highest BCUT2D eigenvalue weighted by molar-refractivity contribution is 5.98. The number of rotatable bonds is 5. The molecule has 1 saturated heterocycles. The van der Waals surface area contributed by atoms with Gasteiger partial charge in [-0.2, -0.15) is 0 Å². The quantitative estimate of drug-likeness (QED) is 0.727. The van der Waals surface area contributed by atoms with E-state index in [1.165, 1.54) is 24.3 Å². The molecule has 1 fully saturated rings. The monoisotopic (exact) mass is 306 g/mol. The Bertz CT molecular complexity index is 564. The van der Waals surface area contributed by atoms with Crippen LogP contribution in [0.5, 0.6) is 0 Å². The highest BCUT2D eigenvalue weighted by Crippen LogP contribution is 2.18. The number of carbonyl (C=O) groups is 3. The van der Waals surface area contributed by atoms with Crippen LogP contribution < -0.4 is 11.1 Å². The summed E-state index contributed by atoms with van der Waals surface area (Å²) in [6.45, 7) is 0.934. The van der Waals surface area contributed by atoms with Crippen molar-refractivity contribution in [3.05, 3.63) is 35.4 Å². The van der Waals surface area contributed by atoms with Crippen molar-refractivity contribution in [2.75, 3.05) is 13.2 Å². The average Bonchev–Trinajstić information content (AvgIpc) is 2.53. The van der Waals surface area contributed by atoms with Gasteiger partial charge in [-0.3, -0.25) is 9.59 Å². The molecule has 0 spiro atoms. The van der Waals surface area contributed by atoms with Crippen LogP contribution in [-0.4, -0.2) is 42.1 Å². The van der Waals surface area contributed by atoms with Crippen LogP contribution in [0.1, 0.15) is 33.6 Å². The standard InChI is InChI=1S/C15H18N2O5/c16-13(18)9-3-5-10(6-4-9)14(19)17-12(15(20)21)11-2-1-7-22-8-11/h3-6,11-12H,1-2,7-8H2,(H2,16,18)(H,17,19)(H,20,21). The van der Waals surface area contributed by atoms with E-state index < -0.39 is 23.8 Å². The normalized spacial score (nSPS) is 19.2. The third-order valence-electron chi connectivity index (χ3n) is 3.65. The number of aliphatic carboxylic acids is 1. The number of nitrogens with one attached hydrogen (secondary N) is 1. The van der Waals surface area contributed by atoms with Gasteiger partial charge in [0, 0.05) is 23.7 Å². The summed E-state index contributed by atoms with van der Waals surface area (Å²) in [6.07, 6.45) is 1.47. The molecule has 0 radical (unpaired) electrons. The number of carbonyl (C=O) groups excluding carboxylic acids is 2. The highest BCUT2D eigenvalue weighted by Gasteiger charge is 2.31. The van der Waals surface area contributed by atoms with Crippen molar-refractivity contribution < 1.29 is 24.2 Å². The predicted octanol–water partition coefficient (Wildman–Crippen LogP) is 0.395. The minimum atomic E-state index is -1.09. The third-order valence-corrected chi connectivity index (χ3v) is 3.65. The van der Waals surface area contributed by atoms with Gasteiger partial charge in [-0.1, -0.05) is 0 Å². The van der Waals surface area contributed by atoms with E-state index in [0.717, 1.165) is 6.42 Å². The fourth-order valence-corrected chi connectivity index (χ4v) is 2.42. The Kier molecular flexibility index (Phi) is 5.11. The molecule has 2 amide bonds. The third kappa shape index (κ3) is 3.82. The van der Waals surface area contributed by atoms with Gasteiger partial charge in [0.1, 0.15) is 6.04 Å². The molecule has 1 heterocycles. The summed E-state index contributed by atoms with van der Waals surface area (Å²) < 4.78 is 5.28. The fourth-order valence-electron chi connectivity index (χ4n) is 2.42. The zero-order valence-corrected chi connectivity index (χ0v) is 12.0. The molecule has 0 aromatic heterocycles. The van der Waals surface area contributed by atoms with E-state index in [1.807, 2.05) is 0 Å². The molecular formula is C15H18N2O5. The maximum Gasteiger partial charge on any atom is 0.326 e. The first kappa shape index (κ1) is 16.0. The van der Waals surface area contributed by atoms with Crippen molar-refractivity contribution in [2.24, 2.45) is 11.7 Å². The minimum Gasteiger partial charge on any atom is -0.480 e. The molecule has 1 aromatic rings. The molecule has 4 N–H and O–H groups in total. The molecule has 1 aromatic carbocycles. The lowest BCUT2D eigenvalue weighted by atomic mass is 9.93. The summed E-state index contributed by atoms with van der Waals surface area (Å²) in [5, 5.41) is 11.8. The van der Waals surface area contributed by atoms with Crippen LogP contribution in [0.25, 0.3) is 0 Å². The van der Waals surface area contributed by atoms with Crippen molar-refractivity contribution >= 4 is 17.8 Å². The van der Waals surface area contributed by atoms with E-state index in [0.29, 0.717) is 19.6 Å². The maximum atomic E-state index is 12.2. The van der Waals surface area contributed by atoms with Crippen LogP contribution >= 0.6 is 0 Å². The summed E-state index contributed by atoms with van der Waals surface area (Å²) in [4.78, 5) is 34.5. The number of benzene rings is 1. The van der Waals surface area contributed by atoms with Gasteiger partial charge in [0.15, 0.2) is 0 Å². The molecule has 2 unspecified atom stereocenters. The highest BCUT2D eigenvalue weighted by atomic mass is 16.5. The molecule has 7 heteroatoms. The first-order valence-electron chi connectivity index (χ1n) is 7.00. The predicted molar refractivity (Wildman–Crippen MR) is 77.4 cm³/mol. The number of carboxylic acid groups (broad SMARTS) is 1. The molecule has 7 nitrogen and oxygen atoms in total. The molecule has 0 bridgehead atoms. The number of carboxylic acids is 1. The van der Waals surface area contributed by atoms with E-state index in [9.17, 15) is 19.5 Å². The largest absolute Gasteiger partial charge is 0.480 e. The van der Waals surface area contributed by atoms with E-state index in [1.54, 1.807) is 0 Å². The maximum absolute atomic E-state index is 12.2. The van der Waals surface area contributed by atoms with E-state index in [4.69, 9.17) is 10.5 Å². The Labute approximate surface area is 127 Å². The van der Waals surface area contributed by atoms with Gasteiger partial charge in [-0.15, -0.1) is 0 Å². The lowest BCUT2D eigenvalue weighted by Crippen LogP contribution is -2.48. The lowest BCUT2D eigenvalue weighted by molar-refractivity contribution is -0.142. The number of hydrogen-bond donors (Lipinski definition) is 3. The number of amides is 2. The van der Waals surface area contributed by atoms with Crippen molar-refractivity contribution in [2.45, 2.75) is 18.9 Å². The van der Waals surface area contributed by atoms with Gasteiger partial charge < -0.3 is 20.9 Å². The molecule has 1 aliphatic rings. The summed E-state index contributed by atoms with van der Waals surface area (Å²) in [7, 11) is 0. The fraction of sp³-hybridized carbons (Fsp3) is 0.400. The Morgan fingerprint density at radius 1 is 1.23 bits per heavy atom. The Morgan fingerprint density at radius 3 is 2.36 bits per heavy atom. The molecule has 2 atom stereocenters. The Morgan fingerprint density at radius 2 is 1.86 bits per heavy atom. The van der Waals surface area contributed by atoms with Crippen LogP contribution in [0.2, 0.25) is 0 Å². The number of ether oxygens (including phenoxy) is 1. The van der Waals surface area contributed by atoms with Crippen LogP contribution in [0, 0.1) is 5.92 Å². The second kappa shape index (κ2) is 7.04. The second-order valence-electron chi connectivity index (χ2n) is 5.21. The molecule has 22 heavy (non-hydrogen) atoms. The number of hydrogen-bond acceptors (Lipinski definition) is 4. The van der Waals surface area contributed by atoms with Crippen molar-refractivity contribution in [1.29, 1.82) is 0 Å².